The smallest absolute Gasteiger partial charge is 0.0680 e. The van der Waals surface area contributed by atoms with E-state index in [-0.39, 0.29) is 0 Å². The van der Waals surface area contributed by atoms with Crippen molar-refractivity contribution in [1.29, 1.82) is 0 Å². The van der Waals surface area contributed by atoms with Gasteiger partial charge in [0, 0.05) is 57.0 Å². The van der Waals surface area contributed by atoms with Crippen molar-refractivity contribution in [2.24, 2.45) is 13.0 Å². The lowest BCUT2D eigenvalue weighted by atomic mass is 9.92. The quantitative estimate of drug-likeness (QED) is 0.813. The normalized spacial score (nSPS) is 27.7. The first-order valence-corrected chi connectivity index (χ1v) is 10.2. The highest BCUT2D eigenvalue weighted by Gasteiger charge is 2.49. The molecule has 3 saturated heterocycles. The van der Waals surface area contributed by atoms with Crippen LogP contribution in [0.1, 0.15) is 30.7 Å². The predicted molar refractivity (Wildman–Crippen MR) is 96.3 cm³/mol. The maximum absolute atomic E-state index is 6.24. The molecule has 4 heterocycles. The molecule has 4 rings (SSSR count). The molecule has 134 valence electrons. The van der Waals surface area contributed by atoms with Crippen LogP contribution < -0.4 is 0 Å². The van der Waals surface area contributed by atoms with Crippen LogP contribution in [-0.2, 0) is 23.1 Å². The Balaban J connectivity index is 1.21. The molecule has 3 aliphatic rings. The van der Waals surface area contributed by atoms with Crippen LogP contribution in [0.15, 0.2) is 6.07 Å². The Labute approximate surface area is 149 Å². The first-order chi connectivity index (χ1) is 11.6. The van der Waals surface area contributed by atoms with E-state index in [1.165, 1.54) is 43.8 Å². The zero-order valence-electron chi connectivity index (χ0n) is 14.9. The molecule has 24 heavy (non-hydrogen) atoms. The summed E-state index contributed by atoms with van der Waals surface area (Å²) in [5.41, 5.74) is 2.43. The Kier molecular flexibility index (Phi) is 4.91. The monoisotopic (exact) mass is 351 g/mol. The number of thioether (sulfide) groups is 1. The maximum atomic E-state index is 6.24. The molecule has 1 aromatic heterocycles. The lowest BCUT2D eigenvalue weighted by molar-refractivity contribution is -0.0134. The van der Waals surface area contributed by atoms with Crippen LogP contribution >= 0.6 is 11.8 Å². The summed E-state index contributed by atoms with van der Waals surface area (Å²) in [6, 6.07) is 2.20. The Bertz CT molecular complexity index is 565. The second-order valence-electron chi connectivity index (χ2n) is 7.76. The van der Waals surface area contributed by atoms with Gasteiger partial charge in [0.25, 0.3) is 0 Å². The van der Waals surface area contributed by atoms with E-state index in [0.717, 1.165) is 32.1 Å². The average molecular weight is 352 g/mol. The summed E-state index contributed by atoms with van der Waals surface area (Å²) in [5.74, 6) is 1.88. The van der Waals surface area contributed by atoms with Crippen LogP contribution in [-0.4, -0.2) is 64.2 Å². The number of hydrogen-bond donors (Lipinski definition) is 0. The maximum Gasteiger partial charge on any atom is 0.0680 e. The molecule has 0 aliphatic carbocycles. The molecule has 0 bridgehead atoms. The number of aromatic nitrogens is 2. The number of ether oxygens (including phenoxy) is 2. The fourth-order valence-electron chi connectivity index (χ4n) is 4.24. The van der Waals surface area contributed by atoms with Crippen LogP contribution in [0.3, 0.4) is 0 Å². The second kappa shape index (κ2) is 6.98. The van der Waals surface area contributed by atoms with Crippen molar-refractivity contribution in [3.05, 3.63) is 17.5 Å². The van der Waals surface area contributed by atoms with Crippen LogP contribution in [0.5, 0.6) is 0 Å². The van der Waals surface area contributed by atoms with Crippen molar-refractivity contribution in [1.82, 2.24) is 14.7 Å². The summed E-state index contributed by atoms with van der Waals surface area (Å²) in [6.07, 6.45) is 4.02. The Morgan fingerprint density at radius 3 is 2.88 bits per heavy atom. The first kappa shape index (κ1) is 16.9. The summed E-state index contributed by atoms with van der Waals surface area (Å²) >= 11 is 2.14. The van der Waals surface area contributed by atoms with Gasteiger partial charge in [0.05, 0.1) is 17.5 Å². The van der Waals surface area contributed by atoms with E-state index < -0.39 is 0 Å². The number of hydrogen-bond acceptors (Lipinski definition) is 5. The standard InChI is InChI=1S/C18H29N3O2S/c1-14-7-16(20(2)19-14)9-21-12-18(13-21)8-17(11-24-18)23-10-15-3-5-22-6-4-15/h7,15,17H,3-6,8-13H2,1-2H3. The average Bonchev–Trinajstić information content (AvgIpc) is 3.10. The third-order valence-electron chi connectivity index (χ3n) is 5.59. The van der Waals surface area contributed by atoms with Gasteiger partial charge in [-0.1, -0.05) is 0 Å². The van der Waals surface area contributed by atoms with E-state index in [2.05, 4.69) is 34.8 Å². The van der Waals surface area contributed by atoms with Crippen LogP contribution in [0, 0.1) is 12.8 Å². The van der Waals surface area contributed by atoms with E-state index in [1.54, 1.807) is 0 Å². The Morgan fingerprint density at radius 2 is 2.17 bits per heavy atom. The van der Waals surface area contributed by atoms with Crippen molar-refractivity contribution in [3.8, 4) is 0 Å². The SMILES string of the molecule is Cc1cc(CN2CC3(CC(OCC4CCOCC4)CS3)C2)n(C)n1. The van der Waals surface area contributed by atoms with E-state index in [4.69, 9.17) is 9.47 Å². The molecule has 0 amide bonds. The van der Waals surface area contributed by atoms with Crippen LogP contribution in [0.4, 0.5) is 0 Å². The van der Waals surface area contributed by atoms with Crippen LogP contribution in [0.25, 0.3) is 0 Å². The minimum Gasteiger partial charge on any atom is -0.381 e. The van der Waals surface area contributed by atoms with Gasteiger partial charge >= 0.3 is 0 Å². The first-order valence-electron chi connectivity index (χ1n) is 9.17. The van der Waals surface area contributed by atoms with E-state index in [9.17, 15) is 0 Å². The summed E-state index contributed by atoms with van der Waals surface area (Å²) < 4.78 is 14.1. The summed E-state index contributed by atoms with van der Waals surface area (Å²) in [7, 11) is 2.04. The topological polar surface area (TPSA) is 39.5 Å². The van der Waals surface area contributed by atoms with Crippen molar-refractivity contribution in [3.63, 3.8) is 0 Å². The third kappa shape index (κ3) is 3.66. The molecule has 5 nitrogen and oxygen atoms in total. The lowest BCUT2D eigenvalue weighted by Crippen LogP contribution is -2.58. The molecular formula is C18H29N3O2S. The molecule has 3 aliphatic heterocycles. The van der Waals surface area contributed by atoms with Gasteiger partial charge in [-0.3, -0.25) is 9.58 Å². The molecule has 1 atom stereocenters. The molecule has 6 heteroatoms. The highest BCUT2D eigenvalue weighted by atomic mass is 32.2. The van der Waals surface area contributed by atoms with Crippen molar-refractivity contribution < 1.29 is 9.47 Å². The highest BCUT2D eigenvalue weighted by molar-refractivity contribution is 8.01. The minimum absolute atomic E-state index is 0.452. The third-order valence-corrected chi connectivity index (χ3v) is 7.17. The number of rotatable bonds is 5. The van der Waals surface area contributed by atoms with Gasteiger partial charge < -0.3 is 9.47 Å². The van der Waals surface area contributed by atoms with Gasteiger partial charge in [-0.15, -0.1) is 11.8 Å². The van der Waals surface area contributed by atoms with Crippen molar-refractivity contribution >= 4 is 11.8 Å². The van der Waals surface area contributed by atoms with Gasteiger partial charge in [-0.2, -0.15) is 5.10 Å². The van der Waals surface area contributed by atoms with Gasteiger partial charge in [0.1, 0.15) is 0 Å². The number of aryl methyl sites for hydroxylation is 2. The molecule has 0 aromatic carbocycles. The van der Waals surface area contributed by atoms with E-state index in [1.807, 2.05) is 11.7 Å². The van der Waals surface area contributed by atoms with Gasteiger partial charge in [0.15, 0.2) is 0 Å². The van der Waals surface area contributed by atoms with E-state index >= 15 is 0 Å². The zero-order chi connectivity index (χ0) is 16.6. The molecule has 0 N–H and O–H groups in total. The van der Waals surface area contributed by atoms with E-state index in [0.29, 0.717) is 16.8 Å². The fourth-order valence-corrected chi connectivity index (χ4v) is 5.84. The van der Waals surface area contributed by atoms with Crippen molar-refractivity contribution in [2.45, 2.75) is 43.6 Å². The molecule has 0 saturated carbocycles. The largest absolute Gasteiger partial charge is 0.381 e. The number of nitrogens with zero attached hydrogens (tertiary/aromatic N) is 3. The van der Waals surface area contributed by atoms with Crippen molar-refractivity contribution in [2.75, 3.05) is 38.7 Å². The Hall–Kier alpha value is -0.560. The lowest BCUT2D eigenvalue weighted by Gasteiger charge is -2.47. The molecule has 1 unspecified atom stereocenters. The molecular weight excluding hydrogens is 322 g/mol. The summed E-state index contributed by atoms with van der Waals surface area (Å²) in [6.45, 7) is 8.24. The van der Waals surface area contributed by atoms with Gasteiger partial charge in [0.2, 0.25) is 0 Å². The van der Waals surface area contributed by atoms with Crippen LogP contribution in [0.2, 0.25) is 0 Å². The molecule has 1 spiro atoms. The molecule has 0 radical (unpaired) electrons. The van der Waals surface area contributed by atoms with Gasteiger partial charge in [-0.05, 0) is 38.2 Å². The minimum atomic E-state index is 0.452. The fraction of sp³-hybridized carbons (Fsp3) is 0.833. The van der Waals surface area contributed by atoms with Gasteiger partial charge in [-0.25, -0.2) is 0 Å². The predicted octanol–water partition coefficient (Wildman–Crippen LogP) is 2.23. The summed E-state index contributed by atoms with van der Waals surface area (Å²) in [4.78, 5) is 2.55. The molecule has 3 fully saturated rings. The molecule has 1 aromatic rings. The second-order valence-corrected chi connectivity index (χ2v) is 9.24. The highest BCUT2D eigenvalue weighted by Crippen LogP contribution is 2.46. The summed E-state index contributed by atoms with van der Waals surface area (Å²) in [5, 5.41) is 4.45. The number of likely N-dealkylation sites (tertiary alicyclic amines) is 1. The Morgan fingerprint density at radius 1 is 1.38 bits per heavy atom. The zero-order valence-corrected chi connectivity index (χ0v) is 15.7.